The van der Waals surface area contributed by atoms with Crippen LogP contribution in [-0.4, -0.2) is 4.92 Å². The van der Waals surface area contributed by atoms with Crippen molar-refractivity contribution in [1.29, 1.82) is 0 Å². The third kappa shape index (κ3) is 2.73. The van der Waals surface area contributed by atoms with E-state index < -0.39 is 10.7 Å². The molecule has 0 amide bonds. The maximum atomic E-state index is 14.0. The molecular weight excluding hydrogens is 315 g/mol. The molecule has 7 heteroatoms. The van der Waals surface area contributed by atoms with Crippen molar-refractivity contribution < 1.29 is 9.31 Å². The number of fused-ring (bicyclic) bond motifs is 1. The number of hydrogen-bond donors (Lipinski definition) is 1. The van der Waals surface area contributed by atoms with Crippen LogP contribution >= 0.6 is 22.9 Å². The minimum atomic E-state index is -0.613. The third-order valence-corrected chi connectivity index (χ3v) is 4.93. The smallest absolute Gasteiger partial charge is 0.295 e. The molecule has 1 unspecified atom stereocenters. The van der Waals surface area contributed by atoms with Crippen LogP contribution < -0.4 is 5.32 Å². The van der Waals surface area contributed by atoms with Crippen LogP contribution in [0.5, 0.6) is 0 Å². The lowest BCUT2D eigenvalue weighted by Crippen LogP contribution is -2.17. The van der Waals surface area contributed by atoms with Gasteiger partial charge in [-0.05, 0) is 37.0 Å². The van der Waals surface area contributed by atoms with Crippen LogP contribution in [0.25, 0.3) is 0 Å². The molecule has 0 aliphatic heterocycles. The van der Waals surface area contributed by atoms with E-state index in [0.717, 1.165) is 24.8 Å². The van der Waals surface area contributed by atoms with Crippen molar-refractivity contribution in [2.75, 3.05) is 5.32 Å². The van der Waals surface area contributed by atoms with Crippen molar-refractivity contribution in [2.24, 2.45) is 0 Å². The number of halogens is 2. The maximum absolute atomic E-state index is 14.0. The summed E-state index contributed by atoms with van der Waals surface area (Å²) in [7, 11) is 0. The molecule has 0 fully saturated rings. The van der Waals surface area contributed by atoms with Gasteiger partial charge in [-0.3, -0.25) is 10.1 Å². The lowest BCUT2D eigenvalue weighted by Gasteiger charge is -2.24. The molecule has 110 valence electrons. The first-order chi connectivity index (χ1) is 10.1. The SMILES string of the molecule is O=[N+]([O-])c1cccc(F)c1NC1CCCc2sc(Cl)cc21. The molecular formula is C14H12ClFN2O2S. The van der Waals surface area contributed by atoms with Crippen molar-refractivity contribution in [1.82, 2.24) is 0 Å². The van der Waals surface area contributed by atoms with E-state index >= 15 is 0 Å². The normalized spacial score (nSPS) is 17.3. The van der Waals surface area contributed by atoms with Gasteiger partial charge in [0.25, 0.3) is 5.69 Å². The van der Waals surface area contributed by atoms with Crippen LogP contribution in [0, 0.1) is 15.9 Å². The van der Waals surface area contributed by atoms with E-state index in [-0.39, 0.29) is 17.4 Å². The minimum absolute atomic E-state index is 0.0531. The van der Waals surface area contributed by atoms with Gasteiger partial charge < -0.3 is 5.32 Å². The largest absolute Gasteiger partial charge is 0.370 e. The number of nitrogens with one attached hydrogen (secondary N) is 1. The van der Waals surface area contributed by atoms with Crippen molar-refractivity contribution in [2.45, 2.75) is 25.3 Å². The Kier molecular flexibility index (Phi) is 3.82. The van der Waals surface area contributed by atoms with Gasteiger partial charge in [-0.2, -0.15) is 0 Å². The van der Waals surface area contributed by atoms with E-state index in [0.29, 0.717) is 4.34 Å². The fraction of sp³-hybridized carbons (Fsp3) is 0.286. The van der Waals surface area contributed by atoms with Crippen LogP contribution in [0.1, 0.15) is 29.3 Å². The molecule has 3 rings (SSSR count). The van der Waals surface area contributed by atoms with Crippen molar-refractivity contribution in [3.63, 3.8) is 0 Å². The fourth-order valence-corrected chi connectivity index (χ4v) is 4.04. The van der Waals surface area contributed by atoms with E-state index in [1.807, 2.05) is 6.07 Å². The summed E-state index contributed by atoms with van der Waals surface area (Å²) < 4.78 is 14.6. The molecule has 1 aromatic carbocycles. The number of hydrogen-bond acceptors (Lipinski definition) is 4. The standard InChI is InChI=1S/C14H12ClFN2O2S/c15-13-7-8-10(4-2-6-12(8)21-13)17-14-9(16)3-1-5-11(14)18(19)20/h1,3,5,7,10,17H,2,4,6H2. The van der Waals surface area contributed by atoms with Crippen LogP contribution in [0.4, 0.5) is 15.8 Å². The quantitative estimate of drug-likeness (QED) is 0.642. The van der Waals surface area contributed by atoms with Gasteiger partial charge in [0.2, 0.25) is 0 Å². The molecule has 0 spiro atoms. The number of rotatable bonds is 3. The molecule has 4 nitrogen and oxygen atoms in total. The first-order valence-electron chi connectivity index (χ1n) is 6.54. The Morgan fingerprint density at radius 1 is 1.48 bits per heavy atom. The monoisotopic (exact) mass is 326 g/mol. The van der Waals surface area contributed by atoms with E-state index in [9.17, 15) is 14.5 Å². The van der Waals surface area contributed by atoms with Gasteiger partial charge in [0.1, 0.15) is 5.69 Å². The maximum Gasteiger partial charge on any atom is 0.295 e. The number of nitro groups is 1. The lowest BCUT2D eigenvalue weighted by atomic mass is 9.93. The van der Waals surface area contributed by atoms with Crippen LogP contribution in [0.2, 0.25) is 4.34 Å². The Morgan fingerprint density at radius 2 is 2.29 bits per heavy atom. The van der Waals surface area contributed by atoms with E-state index in [1.165, 1.54) is 34.4 Å². The van der Waals surface area contributed by atoms with Crippen LogP contribution in [0.3, 0.4) is 0 Å². The van der Waals surface area contributed by atoms with E-state index in [4.69, 9.17) is 11.6 Å². The van der Waals surface area contributed by atoms with Gasteiger partial charge >= 0.3 is 0 Å². The topological polar surface area (TPSA) is 55.2 Å². The molecule has 1 N–H and O–H groups in total. The Balaban J connectivity index is 1.97. The van der Waals surface area contributed by atoms with Crippen molar-refractivity contribution in [3.05, 3.63) is 55.0 Å². The van der Waals surface area contributed by atoms with Crippen LogP contribution in [-0.2, 0) is 6.42 Å². The van der Waals surface area contributed by atoms with E-state index in [2.05, 4.69) is 5.32 Å². The Labute approximate surface area is 129 Å². The second-order valence-electron chi connectivity index (χ2n) is 4.91. The number of thiophene rings is 1. The molecule has 21 heavy (non-hydrogen) atoms. The summed E-state index contributed by atoms with van der Waals surface area (Å²) in [6.45, 7) is 0. The highest BCUT2D eigenvalue weighted by Crippen LogP contribution is 2.41. The average molecular weight is 327 g/mol. The molecule has 1 aliphatic rings. The molecule has 0 bridgehead atoms. The van der Waals surface area contributed by atoms with Gasteiger partial charge in [-0.15, -0.1) is 11.3 Å². The number of nitro benzene ring substituents is 1. The average Bonchev–Trinajstić information content (AvgIpc) is 2.82. The Bertz CT molecular complexity index is 704. The zero-order valence-corrected chi connectivity index (χ0v) is 12.5. The molecule has 0 radical (unpaired) electrons. The van der Waals surface area contributed by atoms with Gasteiger partial charge in [-0.1, -0.05) is 17.7 Å². The number of benzene rings is 1. The van der Waals surface area contributed by atoms with Gasteiger partial charge in [0.15, 0.2) is 5.82 Å². The molecule has 0 saturated carbocycles. The first-order valence-corrected chi connectivity index (χ1v) is 7.73. The third-order valence-electron chi connectivity index (χ3n) is 3.59. The lowest BCUT2D eigenvalue weighted by molar-refractivity contribution is -0.384. The highest BCUT2D eigenvalue weighted by molar-refractivity contribution is 7.16. The Morgan fingerprint density at radius 3 is 3.05 bits per heavy atom. The zero-order chi connectivity index (χ0) is 15.0. The second kappa shape index (κ2) is 5.61. The number of anilines is 1. The second-order valence-corrected chi connectivity index (χ2v) is 6.68. The van der Waals surface area contributed by atoms with E-state index in [1.54, 1.807) is 0 Å². The zero-order valence-electron chi connectivity index (χ0n) is 10.9. The minimum Gasteiger partial charge on any atom is -0.370 e. The predicted molar refractivity (Wildman–Crippen MR) is 81.7 cm³/mol. The van der Waals surface area contributed by atoms with Gasteiger partial charge in [-0.25, -0.2) is 4.39 Å². The van der Waals surface area contributed by atoms with Crippen molar-refractivity contribution >= 4 is 34.3 Å². The van der Waals surface area contributed by atoms with Crippen molar-refractivity contribution in [3.8, 4) is 0 Å². The molecule has 0 saturated heterocycles. The summed E-state index contributed by atoms with van der Waals surface area (Å²) >= 11 is 7.56. The fourth-order valence-electron chi connectivity index (χ4n) is 2.65. The summed E-state index contributed by atoms with van der Waals surface area (Å²) in [4.78, 5) is 11.6. The summed E-state index contributed by atoms with van der Waals surface area (Å²) in [5.74, 6) is -0.613. The Hall–Kier alpha value is -1.66. The summed E-state index contributed by atoms with van der Waals surface area (Å²) in [6, 6.07) is 5.58. The van der Waals surface area contributed by atoms with Gasteiger partial charge in [0.05, 0.1) is 15.3 Å². The summed E-state index contributed by atoms with van der Waals surface area (Å²) in [5, 5.41) is 14.0. The number of para-hydroxylation sites is 1. The molecule has 1 atom stereocenters. The highest BCUT2D eigenvalue weighted by Gasteiger charge is 2.26. The predicted octanol–water partition coefficient (Wildman–Crippen LogP) is 4.94. The number of aryl methyl sites for hydroxylation is 1. The molecule has 1 aliphatic carbocycles. The molecule has 2 aromatic rings. The van der Waals surface area contributed by atoms with Gasteiger partial charge in [0, 0.05) is 10.9 Å². The highest BCUT2D eigenvalue weighted by atomic mass is 35.5. The molecule has 1 heterocycles. The summed E-state index contributed by atoms with van der Waals surface area (Å²) in [6.07, 6.45) is 2.69. The first kappa shape index (κ1) is 14.3. The molecule has 1 aromatic heterocycles. The van der Waals surface area contributed by atoms with Crippen LogP contribution in [0.15, 0.2) is 24.3 Å². The number of nitrogens with zero attached hydrogens (tertiary/aromatic N) is 1. The summed E-state index contributed by atoms with van der Waals surface area (Å²) in [5.41, 5.74) is 0.722.